The van der Waals surface area contributed by atoms with Gasteiger partial charge in [0.25, 0.3) is 0 Å². The minimum atomic E-state index is -1.65. The number of fused-ring (bicyclic) bond motifs is 3. The van der Waals surface area contributed by atoms with Crippen LogP contribution in [-0.4, -0.2) is 23.0 Å². The quantitative estimate of drug-likeness (QED) is 0.136. The predicted octanol–water partition coefficient (Wildman–Crippen LogP) is 14.8. The number of aromatic nitrogens is 3. The molecule has 65 heavy (non-hydrogen) atoms. The molecule has 11 rings (SSSR count). The number of hydrogen-bond acceptors (Lipinski definition) is 3. The number of hydrogen-bond donors (Lipinski definition) is 0. The van der Waals surface area contributed by atoms with Gasteiger partial charge in [-0.05, 0) is 97.1 Å². The Balaban J connectivity index is 1.08. The Morgan fingerprint density at radius 1 is 0.292 bits per heavy atom. The predicted molar refractivity (Wildman–Crippen MR) is 273 cm³/mol. The second-order valence-corrected chi connectivity index (χ2v) is 23.1. The van der Waals surface area contributed by atoms with E-state index in [1.165, 1.54) is 38.6 Å². The van der Waals surface area contributed by atoms with Crippen molar-refractivity contribution >= 4 is 13.3 Å². The van der Waals surface area contributed by atoms with Crippen molar-refractivity contribution in [2.24, 2.45) is 0 Å². The molecule has 3 nitrogen and oxygen atoms in total. The fourth-order valence-electron chi connectivity index (χ4n) is 9.67. The molecule has 9 aromatic carbocycles. The third kappa shape index (κ3) is 7.32. The van der Waals surface area contributed by atoms with Crippen LogP contribution in [0, 0.1) is 0 Å². The first kappa shape index (κ1) is 40.0. The zero-order valence-electron chi connectivity index (χ0n) is 36.8. The van der Waals surface area contributed by atoms with Crippen LogP contribution in [0.3, 0.4) is 0 Å². The van der Waals surface area contributed by atoms with Gasteiger partial charge in [0.1, 0.15) is 0 Å². The molecule has 310 valence electrons. The zero-order chi connectivity index (χ0) is 44.0. The van der Waals surface area contributed by atoms with Crippen molar-refractivity contribution < 1.29 is 0 Å². The Morgan fingerprint density at radius 2 is 0.677 bits per heavy atom. The van der Waals surface area contributed by atoms with Gasteiger partial charge in [-0.1, -0.05) is 225 Å². The smallest absolute Gasteiger partial charge is 0.164 e. The largest absolute Gasteiger partial charge is 0.208 e. The number of nitrogens with zero attached hydrogens (tertiary/aromatic N) is 3. The van der Waals surface area contributed by atoms with Gasteiger partial charge < -0.3 is 0 Å². The number of rotatable bonds is 9. The van der Waals surface area contributed by atoms with E-state index in [-0.39, 0.29) is 0 Å². The molecule has 1 aliphatic rings. The molecule has 4 heteroatoms. The first-order chi connectivity index (χ1) is 31.8. The van der Waals surface area contributed by atoms with Crippen LogP contribution >= 0.6 is 0 Å². The highest BCUT2D eigenvalue weighted by atomic mass is 28.3. The molecule has 0 bridgehead atoms. The Bertz CT molecular complexity index is 3230. The molecule has 0 N–H and O–H groups in total. The molecule has 0 unspecified atom stereocenters. The molecule has 10 aromatic rings. The van der Waals surface area contributed by atoms with Gasteiger partial charge in [0, 0.05) is 16.7 Å². The maximum Gasteiger partial charge on any atom is 0.164 e. The summed E-state index contributed by atoms with van der Waals surface area (Å²) in [6.07, 6.45) is 0. The van der Waals surface area contributed by atoms with Gasteiger partial charge in [0.05, 0.1) is 13.5 Å². The second kappa shape index (κ2) is 16.4. The van der Waals surface area contributed by atoms with Crippen molar-refractivity contribution in [3.63, 3.8) is 0 Å². The van der Waals surface area contributed by atoms with Crippen LogP contribution in [0.15, 0.2) is 231 Å². The summed E-state index contributed by atoms with van der Waals surface area (Å²) in [6.45, 7) is 7.32. The van der Waals surface area contributed by atoms with Gasteiger partial charge in [0.15, 0.2) is 17.5 Å². The summed E-state index contributed by atoms with van der Waals surface area (Å²) in [5.41, 5.74) is 16.7. The first-order valence-electron chi connectivity index (χ1n) is 22.4. The van der Waals surface area contributed by atoms with Gasteiger partial charge >= 0.3 is 0 Å². The summed E-state index contributed by atoms with van der Waals surface area (Å²) in [6, 6.07) is 83.2. The SMILES string of the molecule is C[Si](C)(C)c1ccc2c(c1)C(c1ccccc1)(c1ccccc1)c1cc(-c3cccc(-c4nc(-c5ccccc5)nc(-c5cc(-c6ccccc6)cc(-c6ccccc6)c5)n4)c3)ccc1-2. The Kier molecular flexibility index (Phi) is 10.1. The molecule has 1 aromatic heterocycles. The summed E-state index contributed by atoms with van der Waals surface area (Å²) in [7, 11) is -1.65. The van der Waals surface area contributed by atoms with Crippen LogP contribution in [0.5, 0.6) is 0 Å². The Morgan fingerprint density at radius 3 is 1.22 bits per heavy atom. The summed E-state index contributed by atoms with van der Waals surface area (Å²) in [5, 5.41) is 1.46. The van der Waals surface area contributed by atoms with E-state index in [2.05, 4.69) is 232 Å². The van der Waals surface area contributed by atoms with E-state index in [0.29, 0.717) is 17.5 Å². The van der Waals surface area contributed by atoms with Crippen molar-refractivity contribution in [1.29, 1.82) is 0 Å². The molecule has 0 fully saturated rings. The van der Waals surface area contributed by atoms with Crippen molar-refractivity contribution in [2.75, 3.05) is 0 Å². The fourth-order valence-corrected chi connectivity index (χ4v) is 10.8. The van der Waals surface area contributed by atoms with Gasteiger partial charge in [-0.3, -0.25) is 0 Å². The molecule has 0 radical (unpaired) electrons. The molecule has 0 atom stereocenters. The van der Waals surface area contributed by atoms with E-state index in [4.69, 9.17) is 15.0 Å². The third-order valence-electron chi connectivity index (χ3n) is 12.9. The van der Waals surface area contributed by atoms with Crippen LogP contribution in [0.1, 0.15) is 22.3 Å². The minimum Gasteiger partial charge on any atom is -0.208 e. The average Bonchev–Trinajstić information content (AvgIpc) is 3.67. The van der Waals surface area contributed by atoms with Crippen molar-refractivity contribution in [3.05, 3.63) is 253 Å². The third-order valence-corrected chi connectivity index (χ3v) is 15.0. The lowest BCUT2D eigenvalue weighted by Gasteiger charge is -2.35. The monoisotopic (exact) mass is 849 g/mol. The molecule has 0 saturated heterocycles. The molecule has 0 amide bonds. The summed E-state index contributed by atoms with van der Waals surface area (Å²) in [5.74, 6) is 1.88. The van der Waals surface area contributed by atoms with Gasteiger partial charge in [-0.25, -0.2) is 15.0 Å². The Hall–Kier alpha value is -7.79. The topological polar surface area (TPSA) is 38.7 Å². The molecule has 0 aliphatic heterocycles. The highest BCUT2D eigenvalue weighted by molar-refractivity contribution is 6.88. The van der Waals surface area contributed by atoms with Gasteiger partial charge in [-0.15, -0.1) is 0 Å². The van der Waals surface area contributed by atoms with Crippen molar-refractivity contribution in [3.8, 4) is 78.7 Å². The lowest BCUT2D eigenvalue weighted by atomic mass is 9.67. The molecule has 0 spiro atoms. The van der Waals surface area contributed by atoms with Crippen LogP contribution in [0.25, 0.3) is 78.7 Å². The first-order valence-corrected chi connectivity index (χ1v) is 25.9. The molecule has 1 heterocycles. The van der Waals surface area contributed by atoms with Crippen LogP contribution in [0.2, 0.25) is 19.6 Å². The van der Waals surface area contributed by atoms with E-state index in [9.17, 15) is 0 Å². The summed E-state index contributed by atoms with van der Waals surface area (Å²) >= 11 is 0. The molecule has 0 saturated carbocycles. The van der Waals surface area contributed by atoms with E-state index in [1.54, 1.807) is 0 Å². The second-order valence-electron chi connectivity index (χ2n) is 18.0. The Labute approximate surface area is 382 Å². The summed E-state index contributed by atoms with van der Waals surface area (Å²) < 4.78 is 0. The zero-order valence-corrected chi connectivity index (χ0v) is 37.8. The molecular formula is C61H47N3Si. The van der Waals surface area contributed by atoms with E-state index >= 15 is 0 Å². The van der Waals surface area contributed by atoms with E-state index in [0.717, 1.165) is 50.1 Å². The van der Waals surface area contributed by atoms with Crippen molar-refractivity contribution in [1.82, 2.24) is 15.0 Å². The lowest BCUT2D eigenvalue weighted by Crippen LogP contribution is -2.39. The fraction of sp³-hybridized carbons (Fsp3) is 0.0656. The maximum atomic E-state index is 5.30. The van der Waals surface area contributed by atoms with Crippen LogP contribution in [0.4, 0.5) is 0 Å². The average molecular weight is 850 g/mol. The highest BCUT2D eigenvalue weighted by Gasteiger charge is 2.46. The van der Waals surface area contributed by atoms with Gasteiger partial charge in [0.2, 0.25) is 0 Å². The molecular weight excluding hydrogens is 803 g/mol. The van der Waals surface area contributed by atoms with Crippen LogP contribution < -0.4 is 5.19 Å². The number of benzene rings is 9. The summed E-state index contributed by atoms with van der Waals surface area (Å²) in [4.78, 5) is 15.7. The van der Waals surface area contributed by atoms with Gasteiger partial charge in [-0.2, -0.15) is 0 Å². The maximum absolute atomic E-state index is 5.30. The minimum absolute atomic E-state index is 0.503. The highest BCUT2D eigenvalue weighted by Crippen LogP contribution is 2.56. The van der Waals surface area contributed by atoms with E-state index < -0.39 is 13.5 Å². The van der Waals surface area contributed by atoms with Crippen molar-refractivity contribution in [2.45, 2.75) is 25.1 Å². The van der Waals surface area contributed by atoms with E-state index in [1.807, 2.05) is 18.2 Å². The standard InChI is InChI=1S/C61H47N3Si/c1-65(2,3)53-33-35-55-54-34-32-46(40-56(54)61(57(55)41-53,51-28-15-7-16-29-51)52-30-17-8-18-31-52)45-26-19-27-47(36-45)59-62-58(44-24-13-6-14-25-44)63-60(64-59)50-38-48(42-20-9-4-10-21-42)37-49(39-50)43-22-11-5-12-23-43/h4-41H,1-3H3. The molecule has 1 aliphatic carbocycles. The lowest BCUT2D eigenvalue weighted by molar-refractivity contribution is 0.769. The normalized spacial score (nSPS) is 12.7. The van der Waals surface area contributed by atoms with Crippen LogP contribution in [-0.2, 0) is 5.41 Å².